The van der Waals surface area contributed by atoms with Crippen molar-refractivity contribution in [1.29, 1.82) is 0 Å². The van der Waals surface area contributed by atoms with Gasteiger partial charge in [-0.15, -0.1) is 0 Å². The van der Waals surface area contributed by atoms with Crippen molar-refractivity contribution in [2.75, 3.05) is 7.05 Å². The van der Waals surface area contributed by atoms with E-state index in [1.54, 1.807) is 7.05 Å². The molecule has 0 aliphatic heterocycles. The number of halogens is 2. The predicted molar refractivity (Wildman–Crippen MR) is 43.0 cm³/mol. The molecule has 0 saturated carbocycles. The van der Waals surface area contributed by atoms with E-state index in [1.165, 1.54) is 18.2 Å². The SMILES string of the molecule is CN/N=C/c1c(F)cccc1F. The van der Waals surface area contributed by atoms with Crippen molar-refractivity contribution in [2.24, 2.45) is 5.10 Å². The second-order valence-corrected chi connectivity index (χ2v) is 2.12. The van der Waals surface area contributed by atoms with Crippen molar-refractivity contribution in [2.45, 2.75) is 0 Å². The van der Waals surface area contributed by atoms with E-state index in [4.69, 9.17) is 0 Å². The summed E-state index contributed by atoms with van der Waals surface area (Å²) in [6.07, 6.45) is 1.10. The molecule has 1 aromatic rings. The Bertz CT molecular complexity index is 277. The molecule has 0 aliphatic rings. The molecule has 0 radical (unpaired) electrons. The standard InChI is InChI=1S/C8H8F2N2/c1-11-12-5-6-7(9)3-2-4-8(6)10/h2-5,11H,1H3/b12-5+. The Morgan fingerprint density at radius 3 is 2.42 bits per heavy atom. The largest absolute Gasteiger partial charge is 0.313 e. The number of hydrogen-bond donors (Lipinski definition) is 1. The van der Waals surface area contributed by atoms with E-state index in [1.807, 2.05) is 0 Å². The van der Waals surface area contributed by atoms with Gasteiger partial charge in [-0.3, -0.25) is 0 Å². The Hall–Kier alpha value is -1.45. The first-order valence-corrected chi connectivity index (χ1v) is 3.39. The topological polar surface area (TPSA) is 24.4 Å². The highest BCUT2D eigenvalue weighted by atomic mass is 19.1. The number of nitrogens with zero attached hydrogens (tertiary/aromatic N) is 1. The number of benzene rings is 1. The van der Waals surface area contributed by atoms with E-state index < -0.39 is 11.6 Å². The Morgan fingerprint density at radius 1 is 1.33 bits per heavy atom. The summed E-state index contributed by atoms with van der Waals surface area (Å²) in [6.45, 7) is 0. The van der Waals surface area contributed by atoms with Crippen LogP contribution in [0.1, 0.15) is 5.56 Å². The second kappa shape index (κ2) is 3.80. The number of hydrogen-bond acceptors (Lipinski definition) is 2. The van der Waals surface area contributed by atoms with Gasteiger partial charge in [-0.25, -0.2) is 8.78 Å². The van der Waals surface area contributed by atoms with E-state index in [-0.39, 0.29) is 5.56 Å². The fraction of sp³-hybridized carbons (Fsp3) is 0.125. The quantitative estimate of drug-likeness (QED) is 0.528. The molecular formula is C8H8F2N2. The average Bonchev–Trinajstić information content (AvgIpc) is 2.04. The van der Waals surface area contributed by atoms with Crippen LogP contribution in [0.3, 0.4) is 0 Å². The van der Waals surface area contributed by atoms with Crippen molar-refractivity contribution >= 4 is 6.21 Å². The van der Waals surface area contributed by atoms with Crippen LogP contribution in [0.25, 0.3) is 0 Å². The Morgan fingerprint density at radius 2 is 1.92 bits per heavy atom. The summed E-state index contributed by atoms with van der Waals surface area (Å²) in [5.74, 6) is -1.23. The van der Waals surface area contributed by atoms with Crippen molar-refractivity contribution in [3.63, 3.8) is 0 Å². The molecule has 0 heterocycles. The van der Waals surface area contributed by atoms with Gasteiger partial charge in [0.05, 0.1) is 11.8 Å². The summed E-state index contributed by atoms with van der Waals surface area (Å²) >= 11 is 0. The van der Waals surface area contributed by atoms with Crippen molar-refractivity contribution in [3.05, 3.63) is 35.4 Å². The van der Waals surface area contributed by atoms with Gasteiger partial charge in [0.2, 0.25) is 0 Å². The number of hydrazone groups is 1. The average molecular weight is 170 g/mol. The summed E-state index contributed by atoms with van der Waals surface area (Å²) in [7, 11) is 1.55. The molecule has 0 unspecified atom stereocenters. The van der Waals surface area contributed by atoms with Gasteiger partial charge in [-0.05, 0) is 12.1 Å². The number of nitrogens with one attached hydrogen (secondary N) is 1. The van der Waals surface area contributed by atoms with E-state index in [0.717, 1.165) is 6.21 Å². The lowest BCUT2D eigenvalue weighted by Crippen LogP contribution is -1.98. The molecule has 0 atom stereocenters. The van der Waals surface area contributed by atoms with Crippen LogP contribution in [0.5, 0.6) is 0 Å². The van der Waals surface area contributed by atoms with Crippen LogP contribution in [0.15, 0.2) is 23.3 Å². The minimum absolute atomic E-state index is 0.133. The molecule has 1 N–H and O–H groups in total. The first kappa shape index (κ1) is 8.64. The zero-order valence-corrected chi connectivity index (χ0v) is 6.51. The Balaban J connectivity index is 3.04. The molecular weight excluding hydrogens is 162 g/mol. The van der Waals surface area contributed by atoms with E-state index >= 15 is 0 Å². The molecule has 0 aromatic heterocycles. The van der Waals surface area contributed by atoms with E-state index in [9.17, 15) is 8.78 Å². The fourth-order valence-electron chi connectivity index (χ4n) is 0.763. The van der Waals surface area contributed by atoms with Gasteiger partial charge in [0.1, 0.15) is 11.6 Å². The van der Waals surface area contributed by atoms with Crippen LogP contribution in [0.2, 0.25) is 0 Å². The van der Waals surface area contributed by atoms with Crippen LogP contribution in [0.4, 0.5) is 8.78 Å². The number of rotatable bonds is 2. The zero-order chi connectivity index (χ0) is 8.97. The zero-order valence-electron chi connectivity index (χ0n) is 6.51. The molecule has 64 valence electrons. The van der Waals surface area contributed by atoms with Crippen molar-refractivity contribution in [3.8, 4) is 0 Å². The van der Waals surface area contributed by atoms with Crippen molar-refractivity contribution in [1.82, 2.24) is 5.43 Å². The summed E-state index contributed by atoms with van der Waals surface area (Å²) in [5, 5.41) is 3.51. The summed E-state index contributed by atoms with van der Waals surface area (Å²) in [5.41, 5.74) is 2.27. The molecule has 2 nitrogen and oxygen atoms in total. The van der Waals surface area contributed by atoms with Crippen molar-refractivity contribution < 1.29 is 8.78 Å². The molecule has 0 fully saturated rings. The summed E-state index contributed by atoms with van der Waals surface area (Å²) in [4.78, 5) is 0. The summed E-state index contributed by atoms with van der Waals surface area (Å²) in [6, 6.07) is 3.67. The molecule has 0 saturated heterocycles. The van der Waals surface area contributed by atoms with Crippen LogP contribution < -0.4 is 5.43 Å². The van der Waals surface area contributed by atoms with Gasteiger partial charge in [0.15, 0.2) is 0 Å². The molecule has 0 bridgehead atoms. The van der Waals surface area contributed by atoms with Gasteiger partial charge in [0.25, 0.3) is 0 Å². The maximum Gasteiger partial charge on any atom is 0.134 e. The minimum atomic E-state index is -0.617. The second-order valence-electron chi connectivity index (χ2n) is 2.12. The lowest BCUT2D eigenvalue weighted by Gasteiger charge is -1.96. The molecule has 4 heteroatoms. The first-order chi connectivity index (χ1) is 5.75. The molecule has 0 spiro atoms. The van der Waals surface area contributed by atoms with Crippen LogP contribution >= 0.6 is 0 Å². The fourth-order valence-corrected chi connectivity index (χ4v) is 0.763. The highest BCUT2D eigenvalue weighted by molar-refractivity contribution is 5.80. The third-order valence-corrected chi connectivity index (χ3v) is 1.32. The molecule has 12 heavy (non-hydrogen) atoms. The Labute approximate surface area is 68.9 Å². The Kier molecular flexibility index (Phi) is 2.74. The van der Waals surface area contributed by atoms with Gasteiger partial charge < -0.3 is 5.43 Å². The lowest BCUT2D eigenvalue weighted by atomic mass is 10.2. The predicted octanol–water partition coefficient (Wildman–Crippen LogP) is 1.52. The molecule has 1 rings (SSSR count). The van der Waals surface area contributed by atoms with Gasteiger partial charge in [0, 0.05) is 7.05 Å². The van der Waals surface area contributed by atoms with Gasteiger partial charge >= 0.3 is 0 Å². The minimum Gasteiger partial charge on any atom is -0.313 e. The molecule has 0 aliphatic carbocycles. The highest BCUT2D eigenvalue weighted by Gasteiger charge is 2.04. The summed E-state index contributed by atoms with van der Waals surface area (Å²) < 4.78 is 25.6. The van der Waals surface area contributed by atoms with Gasteiger partial charge in [-0.1, -0.05) is 6.07 Å². The van der Waals surface area contributed by atoms with Crippen LogP contribution in [0, 0.1) is 11.6 Å². The molecule has 1 aromatic carbocycles. The maximum atomic E-state index is 12.8. The van der Waals surface area contributed by atoms with Gasteiger partial charge in [-0.2, -0.15) is 5.10 Å². The lowest BCUT2D eigenvalue weighted by molar-refractivity contribution is 0.580. The van der Waals surface area contributed by atoms with Crippen LogP contribution in [-0.2, 0) is 0 Å². The normalized spacial score (nSPS) is 10.6. The highest BCUT2D eigenvalue weighted by Crippen LogP contribution is 2.08. The van der Waals surface area contributed by atoms with E-state index in [2.05, 4.69) is 10.5 Å². The maximum absolute atomic E-state index is 12.8. The smallest absolute Gasteiger partial charge is 0.134 e. The first-order valence-electron chi connectivity index (χ1n) is 3.39. The third kappa shape index (κ3) is 1.78. The van der Waals surface area contributed by atoms with Crippen LogP contribution in [-0.4, -0.2) is 13.3 Å². The monoisotopic (exact) mass is 170 g/mol. The van der Waals surface area contributed by atoms with E-state index in [0.29, 0.717) is 0 Å². The molecule has 0 amide bonds. The third-order valence-electron chi connectivity index (χ3n) is 1.32.